The van der Waals surface area contributed by atoms with E-state index in [0.717, 1.165) is 22.2 Å². The maximum Gasteiger partial charge on any atom is 0.319 e. The number of fused-ring (bicyclic) bond motifs is 1. The van der Waals surface area contributed by atoms with Crippen molar-refractivity contribution in [3.63, 3.8) is 0 Å². The van der Waals surface area contributed by atoms with E-state index in [9.17, 15) is 4.79 Å². The Hall–Kier alpha value is -3.84. The van der Waals surface area contributed by atoms with Crippen molar-refractivity contribution in [2.75, 3.05) is 30.8 Å². The number of carbonyl (C=O) groups excluding carboxylic acids is 1. The minimum absolute atomic E-state index is 0.290. The van der Waals surface area contributed by atoms with Gasteiger partial charge in [-0.15, -0.1) is 0 Å². The second kappa shape index (κ2) is 9.98. The summed E-state index contributed by atoms with van der Waals surface area (Å²) in [6, 6.07) is 22.1. The molecule has 32 heavy (non-hydrogen) atoms. The Morgan fingerprint density at radius 3 is 2.50 bits per heavy atom. The second-order valence-corrected chi connectivity index (χ2v) is 7.40. The molecule has 7 nitrogen and oxygen atoms in total. The van der Waals surface area contributed by atoms with Crippen LogP contribution < -0.4 is 20.7 Å². The molecule has 1 heterocycles. The van der Waals surface area contributed by atoms with Gasteiger partial charge in [0.1, 0.15) is 11.6 Å². The predicted octanol–water partition coefficient (Wildman–Crippen LogP) is 5.19. The van der Waals surface area contributed by atoms with Gasteiger partial charge < -0.3 is 20.7 Å². The number of benzene rings is 3. The topological polar surface area (TPSA) is 88.2 Å². The molecule has 0 fully saturated rings. The van der Waals surface area contributed by atoms with Crippen LogP contribution in [0.2, 0.25) is 5.02 Å². The zero-order valence-electron chi connectivity index (χ0n) is 17.4. The lowest BCUT2D eigenvalue weighted by Gasteiger charge is -2.12. The Kier molecular flexibility index (Phi) is 6.67. The highest BCUT2D eigenvalue weighted by atomic mass is 35.5. The van der Waals surface area contributed by atoms with Crippen molar-refractivity contribution in [1.82, 2.24) is 15.3 Å². The molecular formula is C24H22ClN5O2. The van der Waals surface area contributed by atoms with Crippen molar-refractivity contribution >= 4 is 40.0 Å². The maximum absolute atomic E-state index is 12.1. The van der Waals surface area contributed by atoms with Crippen LogP contribution in [0.1, 0.15) is 0 Å². The Morgan fingerprint density at radius 1 is 0.969 bits per heavy atom. The van der Waals surface area contributed by atoms with Crippen LogP contribution in [0.15, 0.2) is 72.8 Å². The summed E-state index contributed by atoms with van der Waals surface area (Å²) in [5.41, 5.74) is 2.34. The molecule has 0 radical (unpaired) electrons. The van der Waals surface area contributed by atoms with Gasteiger partial charge in [0.15, 0.2) is 5.82 Å². The first-order valence-corrected chi connectivity index (χ1v) is 10.5. The van der Waals surface area contributed by atoms with Gasteiger partial charge in [-0.05, 0) is 42.5 Å². The fourth-order valence-corrected chi connectivity index (χ4v) is 3.33. The van der Waals surface area contributed by atoms with Gasteiger partial charge in [-0.25, -0.2) is 14.8 Å². The minimum atomic E-state index is -0.290. The molecule has 0 bridgehead atoms. The van der Waals surface area contributed by atoms with Crippen LogP contribution in [0.3, 0.4) is 0 Å². The van der Waals surface area contributed by atoms with E-state index >= 15 is 0 Å². The molecule has 3 N–H and O–H groups in total. The fourth-order valence-electron chi connectivity index (χ4n) is 3.16. The number of nitrogens with zero attached hydrogens (tertiary/aromatic N) is 2. The van der Waals surface area contributed by atoms with E-state index in [0.29, 0.717) is 35.4 Å². The highest BCUT2D eigenvalue weighted by Crippen LogP contribution is 2.27. The third-order valence-corrected chi connectivity index (χ3v) is 4.98. The molecule has 4 rings (SSSR count). The fraction of sp³-hybridized carbons (Fsp3) is 0.125. The van der Waals surface area contributed by atoms with E-state index in [1.807, 2.05) is 42.5 Å². The van der Waals surface area contributed by atoms with Gasteiger partial charge in [0, 0.05) is 34.7 Å². The molecule has 0 unspecified atom stereocenters. The Bertz CT molecular complexity index is 1220. The smallest absolute Gasteiger partial charge is 0.319 e. The zero-order chi connectivity index (χ0) is 22.3. The minimum Gasteiger partial charge on any atom is -0.497 e. The molecule has 3 aromatic carbocycles. The first-order chi connectivity index (χ1) is 15.6. The van der Waals surface area contributed by atoms with E-state index in [-0.39, 0.29) is 6.03 Å². The zero-order valence-corrected chi connectivity index (χ0v) is 18.2. The molecule has 4 aromatic rings. The largest absolute Gasteiger partial charge is 0.497 e. The third-order valence-electron chi connectivity index (χ3n) is 4.74. The van der Waals surface area contributed by atoms with Crippen LogP contribution in [0, 0.1) is 0 Å². The van der Waals surface area contributed by atoms with Gasteiger partial charge >= 0.3 is 6.03 Å². The number of amides is 2. The lowest BCUT2D eigenvalue weighted by molar-refractivity contribution is 0.252. The molecule has 0 aliphatic carbocycles. The highest BCUT2D eigenvalue weighted by molar-refractivity contribution is 6.31. The average molecular weight is 448 g/mol. The average Bonchev–Trinajstić information content (AvgIpc) is 2.82. The number of hydrogen-bond acceptors (Lipinski definition) is 5. The standard InChI is InChI=1S/C24H22ClN5O2/c1-32-19-10-8-18(9-11-19)28-24(31)27-14-13-26-23-20-12-7-17(25)15-21(20)29-22(30-23)16-5-3-2-4-6-16/h2-12,15H,13-14H2,1H3,(H,26,29,30)(H2,27,28,31). The van der Waals surface area contributed by atoms with Gasteiger partial charge in [-0.1, -0.05) is 41.9 Å². The van der Waals surface area contributed by atoms with E-state index < -0.39 is 0 Å². The van der Waals surface area contributed by atoms with Gasteiger partial charge in [-0.2, -0.15) is 0 Å². The van der Waals surface area contributed by atoms with Crippen molar-refractivity contribution in [2.24, 2.45) is 0 Å². The molecule has 0 spiro atoms. The van der Waals surface area contributed by atoms with Crippen LogP contribution in [0.4, 0.5) is 16.3 Å². The summed E-state index contributed by atoms with van der Waals surface area (Å²) in [6.45, 7) is 0.890. The number of rotatable bonds is 7. The molecule has 0 aliphatic rings. The van der Waals surface area contributed by atoms with Crippen LogP contribution in [-0.4, -0.2) is 36.2 Å². The molecule has 2 amide bonds. The summed E-state index contributed by atoms with van der Waals surface area (Å²) >= 11 is 6.17. The van der Waals surface area contributed by atoms with Crippen molar-refractivity contribution in [3.05, 3.63) is 77.8 Å². The number of urea groups is 1. The Morgan fingerprint density at radius 2 is 1.75 bits per heavy atom. The van der Waals surface area contributed by atoms with Crippen LogP contribution >= 0.6 is 11.6 Å². The number of nitrogens with one attached hydrogen (secondary N) is 3. The highest BCUT2D eigenvalue weighted by Gasteiger charge is 2.10. The first-order valence-electron chi connectivity index (χ1n) is 10.1. The van der Waals surface area contributed by atoms with Crippen molar-refractivity contribution in [2.45, 2.75) is 0 Å². The lowest BCUT2D eigenvalue weighted by Crippen LogP contribution is -2.32. The van der Waals surface area contributed by atoms with Gasteiger partial charge in [0.05, 0.1) is 12.6 Å². The van der Waals surface area contributed by atoms with Crippen LogP contribution in [-0.2, 0) is 0 Å². The van der Waals surface area contributed by atoms with E-state index in [2.05, 4.69) is 20.9 Å². The normalized spacial score (nSPS) is 10.6. The molecule has 162 valence electrons. The molecule has 0 atom stereocenters. The Balaban J connectivity index is 1.41. The van der Waals surface area contributed by atoms with Crippen molar-refractivity contribution < 1.29 is 9.53 Å². The molecule has 0 saturated carbocycles. The number of ether oxygens (including phenoxy) is 1. The molecule has 1 aromatic heterocycles. The molecule has 0 saturated heterocycles. The maximum atomic E-state index is 12.1. The van der Waals surface area contributed by atoms with Crippen molar-refractivity contribution in [1.29, 1.82) is 0 Å². The number of anilines is 2. The summed E-state index contributed by atoms with van der Waals surface area (Å²) in [5, 5.41) is 10.4. The molecular weight excluding hydrogens is 426 g/mol. The summed E-state index contributed by atoms with van der Waals surface area (Å²) in [4.78, 5) is 21.5. The first kappa shape index (κ1) is 21.4. The lowest BCUT2D eigenvalue weighted by atomic mass is 10.2. The van der Waals surface area contributed by atoms with Crippen LogP contribution in [0.5, 0.6) is 5.75 Å². The molecule has 0 aliphatic heterocycles. The summed E-state index contributed by atoms with van der Waals surface area (Å²) in [5.74, 6) is 2.02. The number of aromatic nitrogens is 2. The SMILES string of the molecule is COc1ccc(NC(=O)NCCNc2nc(-c3ccccc3)nc3cc(Cl)ccc23)cc1. The van der Waals surface area contributed by atoms with Gasteiger partial charge in [-0.3, -0.25) is 0 Å². The summed E-state index contributed by atoms with van der Waals surface area (Å²) in [6.07, 6.45) is 0. The number of carbonyl (C=O) groups is 1. The summed E-state index contributed by atoms with van der Waals surface area (Å²) in [7, 11) is 1.60. The third kappa shape index (κ3) is 5.25. The second-order valence-electron chi connectivity index (χ2n) is 6.96. The number of methoxy groups -OCH3 is 1. The quantitative estimate of drug-likeness (QED) is 0.339. The van der Waals surface area contributed by atoms with Gasteiger partial charge in [0.2, 0.25) is 0 Å². The van der Waals surface area contributed by atoms with E-state index in [1.165, 1.54) is 0 Å². The predicted molar refractivity (Wildman–Crippen MR) is 128 cm³/mol. The van der Waals surface area contributed by atoms with Crippen molar-refractivity contribution in [3.8, 4) is 17.1 Å². The summed E-state index contributed by atoms with van der Waals surface area (Å²) < 4.78 is 5.11. The molecule has 8 heteroatoms. The monoisotopic (exact) mass is 447 g/mol. The number of halogens is 1. The van der Waals surface area contributed by atoms with Gasteiger partial charge in [0.25, 0.3) is 0 Å². The van der Waals surface area contributed by atoms with E-state index in [4.69, 9.17) is 21.3 Å². The van der Waals surface area contributed by atoms with Crippen LogP contribution in [0.25, 0.3) is 22.3 Å². The Labute approximate surface area is 190 Å². The van der Waals surface area contributed by atoms with E-state index in [1.54, 1.807) is 37.4 Å². The number of hydrogen-bond donors (Lipinski definition) is 3.